The van der Waals surface area contributed by atoms with E-state index in [1.807, 2.05) is 0 Å². The van der Waals surface area contributed by atoms with Crippen LogP contribution >= 0.6 is 0 Å². The second-order valence-corrected chi connectivity index (χ2v) is 5.63. The van der Waals surface area contributed by atoms with Crippen LogP contribution in [-0.2, 0) is 0 Å². The van der Waals surface area contributed by atoms with Gasteiger partial charge in [0.25, 0.3) is 0 Å². The highest BCUT2D eigenvalue weighted by Crippen LogP contribution is 2.30. The molecule has 1 aliphatic heterocycles. The molecule has 0 N–H and O–H groups in total. The molecule has 1 saturated heterocycles. The fourth-order valence-corrected chi connectivity index (χ4v) is 3.20. The second kappa shape index (κ2) is 5.71. The van der Waals surface area contributed by atoms with Gasteiger partial charge in [0.2, 0.25) is 0 Å². The third kappa shape index (κ3) is 2.67. The molecule has 0 amide bonds. The summed E-state index contributed by atoms with van der Waals surface area (Å²) in [5.41, 5.74) is 3.05. The van der Waals surface area contributed by atoms with Crippen molar-refractivity contribution in [2.24, 2.45) is 0 Å². The maximum atomic E-state index is 2.68. The molecule has 1 unspecified atom stereocenters. The monoisotopic (exact) mass is 241 g/mol. The molecule has 0 bridgehead atoms. The van der Waals surface area contributed by atoms with Crippen molar-refractivity contribution in [3.05, 3.63) is 41.5 Å². The molecule has 1 saturated carbocycles. The normalized spacial score (nSPS) is 27.8. The molecule has 1 heteroatoms. The van der Waals surface area contributed by atoms with Crippen molar-refractivity contribution in [3.8, 4) is 0 Å². The zero-order valence-corrected chi connectivity index (χ0v) is 11.1. The summed E-state index contributed by atoms with van der Waals surface area (Å²) in [6, 6.07) is 11.6. The summed E-state index contributed by atoms with van der Waals surface area (Å²) >= 11 is 0. The Bertz CT molecular complexity index is 403. The molecule has 1 aliphatic carbocycles. The molecular formula is C17H23N. The predicted molar refractivity (Wildman–Crippen MR) is 77.5 cm³/mol. The summed E-state index contributed by atoms with van der Waals surface area (Å²) in [5.74, 6) is 0. The van der Waals surface area contributed by atoms with E-state index in [0.717, 1.165) is 6.04 Å². The van der Waals surface area contributed by atoms with E-state index in [0.29, 0.717) is 0 Å². The zero-order chi connectivity index (χ0) is 12.2. The highest BCUT2D eigenvalue weighted by Gasteiger charge is 2.27. The number of rotatable bonds is 2. The molecule has 1 atom stereocenters. The Kier molecular flexibility index (Phi) is 3.80. The first kappa shape index (κ1) is 12.0. The highest BCUT2D eigenvalue weighted by molar-refractivity contribution is 5.54. The van der Waals surface area contributed by atoms with E-state index >= 15 is 0 Å². The van der Waals surface area contributed by atoms with E-state index < -0.39 is 0 Å². The lowest BCUT2D eigenvalue weighted by Gasteiger charge is -2.39. The Balaban J connectivity index is 1.83. The van der Waals surface area contributed by atoms with Gasteiger partial charge >= 0.3 is 0 Å². The SMILES string of the molecule is C(=C1CCCCCC1N1CCC1)c1ccccc1. The lowest BCUT2D eigenvalue weighted by atomic mass is 9.95. The first-order valence-electron chi connectivity index (χ1n) is 7.43. The van der Waals surface area contributed by atoms with Crippen LogP contribution in [-0.4, -0.2) is 24.0 Å². The highest BCUT2D eigenvalue weighted by atomic mass is 15.2. The molecule has 1 nitrogen and oxygen atoms in total. The van der Waals surface area contributed by atoms with Gasteiger partial charge in [0.1, 0.15) is 0 Å². The van der Waals surface area contributed by atoms with E-state index in [1.165, 1.54) is 57.2 Å². The van der Waals surface area contributed by atoms with Gasteiger partial charge in [0.05, 0.1) is 0 Å². The minimum atomic E-state index is 0.737. The van der Waals surface area contributed by atoms with Crippen molar-refractivity contribution in [1.29, 1.82) is 0 Å². The van der Waals surface area contributed by atoms with Crippen LogP contribution in [0, 0.1) is 0 Å². The van der Waals surface area contributed by atoms with Crippen molar-refractivity contribution >= 4 is 6.08 Å². The summed E-state index contributed by atoms with van der Waals surface area (Å²) in [5, 5.41) is 0. The molecular weight excluding hydrogens is 218 g/mol. The lowest BCUT2D eigenvalue weighted by molar-refractivity contribution is 0.131. The molecule has 0 aromatic heterocycles. The van der Waals surface area contributed by atoms with Gasteiger partial charge in [-0.2, -0.15) is 0 Å². The van der Waals surface area contributed by atoms with Crippen molar-refractivity contribution in [2.75, 3.05) is 13.1 Å². The van der Waals surface area contributed by atoms with Gasteiger partial charge in [-0.15, -0.1) is 0 Å². The largest absolute Gasteiger partial charge is 0.297 e. The molecule has 96 valence electrons. The Morgan fingerprint density at radius 1 is 0.944 bits per heavy atom. The summed E-state index contributed by atoms with van der Waals surface area (Å²) in [4.78, 5) is 2.68. The smallest absolute Gasteiger partial charge is 0.0310 e. The molecule has 1 heterocycles. The van der Waals surface area contributed by atoms with E-state index in [4.69, 9.17) is 0 Å². The summed E-state index contributed by atoms with van der Waals surface area (Å²) < 4.78 is 0. The maximum absolute atomic E-state index is 2.68. The number of benzene rings is 1. The van der Waals surface area contributed by atoms with Gasteiger partial charge in [0, 0.05) is 6.04 Å². The molecule has 3 rings (SSSR count). The summed E-state index contributed by atoms with van der Waals surface area (Å²) in [6.45, 7) is 2.63. The number of hydrogen-bond donors (Lipinski definition) is 0. The van der Waals surface area contributed by atoms with Crippen LogP contribution in [0.1, 0.15) is 44.1 Å². The Morgan fingerprint density at radius 2 is 1.78 bits per heavy atom. The molecule has 2 fully saturated rings. The number of hydrogen-bond acceptors (Lipinski definition) is 1. The van der Waals surface area contributed by atoms with E-state index in [1.54, 1.807) is 5.57 Å². The third-order valence-corrected chi connectivity index (χ3v) is 4.35. The predicted octanol–water partition coefficient (Wildman–Crippen LogP) is 4.11. The molecule has 18 heavy (non-hydrogen) atoms. The van der Waals surface area contributed by atoms with E-state index in [-0.39, 0.29) is 0 Å². The lowest BCUT2D eigenvalue weighted by Crippen LogP contribution is -2.45. The quantitative estimate of drug-likeness (QED) is 0.704. The Labute approximate surface area is 111 Å². The summed E-state index contributed by atoms with van der Waals surface area (Å²) in [7, 11) is 0. The van der Waals surface area contributed by atoms with Gasteiger partial charge in [-0.3, -0.25) is 4.90 Å². The van der Waals surface area contributed by atoms with Crippen LogP contribution in [0.4, 0.5) is 0 Å². The fourth-order valence-electron chi connectivity index (χ4n) is 3.20. The average Bonchev–Trinajstić information content (AvgIpc) is 2.55. The van der Waals surface area contributed by atoms with Gasteiger partial charge in [-0.1, -0.05) is 54.8 Å². The first-order valence-corrected chi connectivity index (χ1v) is 7.43. The maximum Gasteiger partial charge on any atom is 0.0310 e. The molecule has 1 aromatic carbocycles. The van der Waals surface area contributed by atoms with E-state index in [2.05, 4.69) is 41.3 Å². The minimum absolute atomic E-state index is 0.737. The zero-order valence-electron chi connectivity index (χ0n) is 11.1. The first-order chi connectivity index (χ1) is 8.93. The Morgan fingerprint density at radius 3 is 2.50 bits per heavy atom. The van der Waals surface area contributed by atoms with Crippen molar-refractivity contribution < 1.29 is 0 Å². The fraction of sp³-hybridized carbons (Fsp3) is 0.529. The van der Waals surface area contributed by atoms with Crippen LogP contribution in [0.3, 0.4) is 0 Å². The molecule has 2 aliphatic rings. The van der Waals surface area contributed by atoms with Gasteiger partial charge in [-0.25, -0.2) is 0 Å². The van der Waals surface area contributed by atoms with Gasteiger partial charge < -0.3 is 0 Å². The number of likely N-dealkylation sites (tertiary alicyclic amines) is 1. The summed E-state index contributed by atoms with van der Waals surface area (Å²) in [6.07, 6.45) is 10.7. The Hall–Kier alpha value is -1.08. The van der Waals surface area contributed by atoms with Crippen LogP contribution < -0.4 is 0 Å². The average molecular weight is 241 g/mol. The topological polar surface area (TPSA) is 3.24 Å². The standard InChI is InChI=1S/C17H23N/c1-3-8-15(9-4-1)14-16-10-5-2-6-11-17(16)18-12-7-13-18/h1,3-4,8-9,14,17H,2,5-7,10-13H2. The molecule has 1 aromatic rings. The van der Waals surface area contributed by atoms with Crippen molar-refractivity contribution in [3.63, 3.8) is 0 Å². The molecule has 0 spiro atoms. The van der Waals surface area contributed by atoms with Gasteiger partial charge in [-0.05, 0) is 44.3 Å². The second-order valence-electron chi connectivity index (χ2n) is 5.63. The van der Waals surface area contributed by atoms with Crippen LogP contribution in [0.25, 0.3) is 6.08 Å². The van der Waals surface area contributed by atoms with Gasteiger partial charge in [0.15, 0.2) is 0 Å². The number of nitrogens with zero attached hydrogens (tertiary/aromatic N) is 1. The van der Waals surface area contributed by atoms with Crippen molar-refractivity contribution in [1.82, 2.24) is 4.90 Å². The van der Waals surface area contributed by atoms with Crippen LogP contribution in [0.5, 0.6) is 0 Å². The van der Waals surface area contributed by atoms with Crippen molar-refractivity contribution in [2.45, 2.75) is 44.6 Å². The third-order valence-electron chi connectivity index (χ3n) is 4.35. The van der Waals surface area contributed by atoms with Crippen LogP contribution in [0.2, 0.25) is 0 Å². The van der Waals surface area contributed by atoms with E-state index in [9.17, 15) is 0 Å². The van der Waals surface area contributed by atoms with Crippen LogP contribution in [0.15, 0.2) is 35.9 Å². The minimum Gasteiger partial charge on any atom is -0.297 e. The molecule has 0 radical (unpaired) electrons.